The van der Waals surface area contributed by atoms with E-state index in [-0.39, 0.29) is 5.91 Å². The van der Waals surface area contributed by atoms with Gasteiger partial charge in [0.2, 0.25) is 0 Å². The molecule has 1 N–H and O–H groups in total. The molecular formula is C25H19Cl3N2O3S. The molecule has 1 heterocycles. The van der Waals surface area contributed by atoms with Crippen molar-refractivity contribution in [3.05, 3.63) is 91.8 Å². The van der Waals surface area contributed by atoms with Crippen LogP contribution in [0.15, 0.2) is 70.6 Å². The second-order valence-corrected chi connectivity index (χ2v) is 9.30. The van der Waals surface area contributed by atoms with E-state index in [1.165, 1.54) is 11.8 Å². The van der Waals surface area contributed by atoms with Crippen molar-refractivity contribution in [1.82, 2.24) is 5.32 Å². The van der Waals surface area contributed by atoms with Gasteiger partial charge >= 0.3 is 0 Å². The number of carbonyl (C=O) groups excluding carboxylic acids is 1. The SMILES string of the molecule is CCOc1cc(/C=C2\SC(=Nc3cccc(Cl)c3Cl)NC2=O)ccc1OCc1ccccc1Cl. The highest BCUT2D eigenvalue weighted by Gasteiger charge is 2.24. The van der Waals surface area contributed by atoms with Gasteiger partial charge in [0, 0.05) is 10.6 Å². The quantitative estimate of drug-likeness (QED) is 0.319. The second-order valence-electron chi connectivity index (χ2n) is 7.07. The fraction of sp³-hybridized carbons (Fsp3) is 0.120. The number of amides is 1. The molecule has 3 aromatic rings. The highest BCUT2D eigenvalue weighted by atomic mass is 35.5. The number of benzene rings is 3. The van der Waals surface area contributed by atoms with Crippen LogP contribution in [0.4, 0.5) is 5.69 Å². The Morgan fingerprint density at radius 2 is 1.76 bits per heavy atom. The Bertz CT molecular complexity index is 1290. The van der Waals surface area contributed by atoms with Gasteiger partial charge in [-0.15, -0.1) is 0 Å². The summed E-state index contributed by atoms with van der Waals surface area (Å²) in [4.78, 5) is 17.4. The van der Waals surface area contributed by atoms with Crippen molar-refractivity contribution in [2.75, 3.05) is 6.61 Å². The Balaban J connectivity index is 1.53. The second kappa shape index (κ2) is 11.2. The summed E-state index contributed by atoms with van der Waals surface area (Å²) < 4.78 is 11.7. The summed E-state index contributed by atoms with van der Waals surface area (Å²) in [6, 6.07) is 18.2. The Labute approximate surface area is 216 Å². The molecule has 0 aliphatic carbocycles. The lowest BCUT2D eigenvalue weighted by Gasteiger charge is -2.13. The lowest BCUT2D eigenvalue weighted by atomic mass is 10.2. The van der Waals surface area contributed by atoms with Gasteiger partial charge in [-0.1, -0.05) is 65.1 Å². The number of amidine groups is 1. The largest absolute Gasteiger partial charge is 0.490 e. The standard InChI is InChI=1S/C25H19Cl3N2O3S/c1-2-32-21-12-15(10-11-20(21)33-14-16-6-3-4-7-17(16)26)13-22-24(31)30-25(34-22)29-19-9-5-8-18(27)23(19)28/h3-13H,2,14H2,1H3,(H,29,30,31)/b22-13-. The van der Waals surface area contributed by atoms with E-state index in [1.54, 1.807) is 24.3 Å². The van der Waals surface area contributed by atoms with Gasteiger partial charge in [-0.3, -0.25) is 4.79 Å². The van der Waals surface area contributed by atoms with Crippen molar-refractivity contribution in [2.24, 2.45) is 4.99 Å². The molecule has 0 unspecified atom stereocenters. The number of ether oxygens (including phenoxy) is 2. The van der Waals surface area contributed by atoms with Crippen LogP contribution in [0, 0.1) is 0 Å². The fourth-order valence-corrected chi connectivity index (χ4v) is 4.46. The van der Waals surface area contributed by atoms with Gasteiger partial charge in [0.15, 0.2) is 16.7 Å². The van der Waals surface area contributed by atoms with Crippen LogP contribution in [-0.2, 0) is 11.4 Å². The van der Waals surface area contributed by atoms with Gasteiger partial charge in [-0.25, -0.2) is 4.99 Å². The average Bonchev–Trinajstić information content (AvgIpc) is 3.16. The van der Waals surface area contributed by atoms with E-state index in [1.807, 2.05) is 49.4 Å². The minimum atomic E-state index is -0.251. The first-order valence-corrected chi connectivity index (χ1v) is 12.3. The zero-order valence-corrected chi connectivity index (χ0v) is 21.1. The fourth-order valence-electron chi connectivity index (χ4n) is 3.09. The Kier molecular flexibility index (Phi) is 8.06. The van der Waals surface area contributed by atoms with E-state index in [0.29, 0.717) is 55.5 Å². The molecule has 0 atom stereocenters. The number of hydrogen-bond acceptors (Lipinski definition) is 5. The maximum absolute atomic E-state index is 12.5. The molecule has 0 radical (unpaired) electrons. The number of thioether (sulfide) groups is 1. The molecule has 9 heteroatoms. The average molecular weight is 534 g/mol. The molecule has 0 bridgehead atoms. The van der Waals surface area contributed by atoms with Crippen LogP contribution in [-0.4, -0.2) is 17.7 Å². The van der Waals surface area contributed by atoms with E-state index in [4.69, 9.17) is 44.3 Å². The van der Waals surface area contributed by atoms with Crippen molar-refractivity contribution in [3.63, 3.8) is 0 Å². The van der Waals surface area contributed by atoms with Crippen LogP contribution < -0.4 is 14.8 Å². The zero-order valence-electron chi connectivity index (χ0n) is 18.0. The molecule has 5 nitrogen and oxygen atoms in total. The minimum absolute atomic E-state index is 0.251. The van der Waals surface area contributed by atoms with E-state index in [2.05, 4.69) is 10.3 Å². The summed E-state index contributed by atoms with van der Waals surface area (Å²) in [6.07, 6.45) is 1.77. The predicted molar refractivity (Wildman–Crippen MR) is 141 cm³/mol. The van der Waals surface area contributed by atoms with Crippen LogP contribution in [0.2, 0.25) is 15.1 Å². The van der Waals surface area contributed by atoms with Gasteiger partial charge < -0.3 is 14.8 Å². The first-order chi connectivity index (χ1) is 16.4. The van der Waals surface area contributed by atoms with Crippen LogP contribution in [0.3, 0.4) is 0 Å². The van der Waals surface area contributed by atoms with Gasteiger partial charge in [0.1, 0.15) is 6.61 Å². The molecule has 1 aliphatic heterocycles. The summed E-state index contributed by atoms with van der Waals surface area (Å²) in [5, 5.41) is 4.54. The van der Waals surface area contributed by atoms with E-state index in [9.17, 15) is 4.79 Å². The molecule has 0 saturated carbocycles. The number of halogens is 3. The summed E-state index contributed by atoms with van der Waals surface area (Å²) in [6.45, 7) is 2.67. The minimum Gasteiger partial charge on any atom is -0.490 e. The van der Waals surface area contributed by atoms with Gasteiger partial charge in [0.05, 0.1) is 27.2 Å². The smallest absolute Gasteiger partial charge is 0.264 e. The first-order valence-electron chi connectivity index (χ1n) is 10.3. The molecule has 4 rings (SSSR count). The number of carbonyl (C=O) groups is 1. The van der Waals surface area contributed by atoms with Crippen molar-refractivity contribution in [2.45, 2.75) is 13.5 Å². The Morgan fingerprint density at radius 3 is 2.56 bits per heavy atom. The van der Waals surface area contributed by atoms with Crippen LogP contribution in [0.25, 0.3) is 6.08 Å². The van der Waals surface area contributed by atoms with Crippen molar-refractivity contribution in [3.8, 4) is 11.5 Å². The van der Waals surface area contributed by atoms with Crippen LogP contribution in [0.1, 0.15) is 18.1 Å². The topological polar surface area (TPSA) is 59.9 Å². The van der Waals surface area contributed by atoms with Gasteiger partial charge in [-0.05, 0) is 60.7 Å². The van der Waals surface area contributed by atoms with Crippen molar-refractivity contribution in [1.29, 1.82) is 0 Å². The summed E-state index contributed by atoms with van der Waals surface area (Å²) in [7, 11) is 0. The molecule has 1 aliphatic rings. The molecule has 34 heavy (non-hydrogen) atoms. The Hall–Kier alpha value is -2.64. The van der Waals surface area contributed by atoms with Crippen molar-refractivity contribution < 1.29 is 14.3 Å². The highest BCUT2D eigenvalue weighted by molar-refractivity contribution is 8.18. The summed E-state index contributed by atoms with van der Waals surface area (Å²) in [5.41, 5.74) is 2.15. The molecule has 0 spiro atoms. The number of rotatable bonds is 7. The number of aliphatic imine (C=N–C) groups is 1. The van der Waals surface area contributed by atoms with Crippen LogP contribution in [0.5, 0.6) is 11.5 Å². The van der Waals surface area contributed by atoms with Gasteiger partial charge in [-0.2, -0.15) is 0 Å². The predicted octanol–water partition coefficient (Wildman–Crippen LogP) is 7.52. The summed E-state index contributed by atoms with van der Waals surface area (Å²) in [5.74, 6) is 0.913. The molecular weight excluding hydrogens is 515 g/mol. The van der Waals surface area contributed by atoms with Gasteiger partial charge in [0.25, 0.3) is 5.91 Å². The number of nitrogens with zero attached hydrogens (tertiary/aromatic N) is 1. The van der Waals surface area contributed by atoms with Crippen LogP contribution >= 0.6 is 46.6 Å². The molecule has 1 fully saturated rings. The zero-order chi connectivity index (χ0) is 24.1. The lowest BCUT2D eigenvalue weighted by Crippen LogP contribution is -2.19. The molecule has 3 aromatic carbocycles. The highest BCUT2D eigenvalue weighted by Crippen LogP contribution is 2.36. The van der Waals surface area contributed by atoms with E-state index >= 15 is 0 Å². The van der Waals surface area contributed by atoms with E-state index in [0.717, 1.165) is 11.1 Å². The monoisotopic (exact) mass is 532 g/mol. The molecule has 174 valence electrons. The maximum Gasteiger partial charge on any atom is 0.264 e. The normalized spacial score (nSPS) is 15.6. The number of nitrogens with one attached hydrogen (secondary N) is 1. The lowest BCUT2D eigenvalue weighted by molar-refractivity contribution is -0.115. The maximum atomic E-state index is 12.5. The summed E-state index contributed by atoms with van der Waals surface area (Å²) >= 11 is 19.7. The third-order valence-corrected chi connectivity index (χ3v) is 6.80. The third-order valence-electron chi connectivity index (χ3n) is 4.71. The number of hydrogen-bond donors (Lipinski definition) is 1. The first kappa shape index (κ1) is 24.5. The third kappa shape index (κ3) is 5.88. The van der Waals surface area contributed by atoms with Crippen molar-refractivity contribution >= 4 is 69.4 Å². The molecule has 0 aromatic heterocycles. The molecule has 1 amide bonds. The van der Waals surface area contributed by atoms with E-state index < -0.39 is 0 Å². The molecule has 1 saturated heterocycles. The Morgan fingerprint density at radius 1 is 0.971 bits per heavy atom.